The van der Waals surface area contributed by atoms with Crippen molar-refractivity contribution >= 4 is 27.8 Å². The number of benzene rings is 6. The van der Waals surface area contributed by atoms with Gasteiger partial charge in [0, 0.05) is 16.8 Å². The number of para-hydroxylation sites is 2. The van der Waals surface area contributed by atoms with Crippen LogP contribution in [0, 0.1) is 0 Å². The molecular formula is C48H51N. The molecule has 0 aliphatic heterocycles. The minimum absolute atomic E-state index is 0.0758. The second-order valence-electron chi connectivity index (χ2n) is 16.1. The molecule has 7 rings (SSSR count). The van der Waals surface area contributed by atoms with Crippen LogP contribution in [0.1, 0.15) is 96.3 Å². The highest BCUT2D eigenvalue weighted by Crippen LogP contribution is 2.47. The molecule has 0 atom stereocenters. The summed E-state index contributed by atoms with van der Waals surface area (Å²) in [4.78, 5) is 2.50. The van der Waals surface area contributed by atoms with Gasteiger partial charge in [0.05, 0.1) is 11.4 Å². The highest BCUT2D eigenvalue weighted by Gasteiger charge is 2.24. The van der Waals surface area contributed by atoms with E-state index in [1.165, 1.54) is 93.2 Å². The Labute approximate surface area is 294 Å². The fourth-order valence-electron chi connectivity index (χ4n) is 7.83. The fraction of sp³-hybridized carbons (Fsp3) is 0.292. The molecule has 6 aromatic carbocycles. The molecule has 1 aliphatic rings. The Bertz CT molecular complexity index is 2040. The molecule has 1 heteroatoms. The summed E-state index contributed by atoms with van der Waals surface area (Å²) in [6.07, 6.45) is 6.57. The lowest BCUT2D eigenvalue weighted by molar-refractivity contribution is 0.445. The van der Waals surface area contributed by atoms with Crippen LogP contribution in [0.5, 0.6) is 0 Å². The van der Waals surface area contributed by atoms with E-state index in [4.69, 9.17) is 0 Å². The minimum Gasteiger partial charge on any atom is -0.309 e. The van der Waals surface area contributed by atoms with Gasteiger partial charge in [-0.05, 0) is 92.4 Å². The van der Waals surface area contributed by atoms with Gasteiger partial charge in [0.2, 0.25) is 0 Å². The van der Waals surface area contributed by atoms with E-state index < -0.39 is 0 Å². The third-order valence-electron chi connectivity index (χ3n) is 10.6. The molecule has 1 aliphatic carbocycles. The number of hydrogen-bond donors (Lipinski definition) is 0. The predicted molar refractivity (Wildman–Crippen MR) is 213 cm³/mol. The van der Waals surface area contributed by atoms with Gasteiger partial charge in [-0.15, -0.1) is 0 Å². The van der Waals surface area contributed by atoms with Gasteiger partial charge in [0.25, 0.3) is 0 Å². The van der Waals surface area contributed by atoms with Gasteiger partial charge in [-0.1, -0.05) is 170 Å². The lowest BCUT2D eigenvalue weighted by atomic mass is 9.80. The van der Waals surface area contributed by atoms with Gasteiger partial charge in [-0.2, -0.15) is 0 Å². The molecule has 1 fully saturated rings. The number of anilines is 3. The van der Waals surface area contributed by atoms with Crippen LogP contribution in [0.15, 0.2) is 133 Å². The van der Waals surface area contributed by atoms with Crippen LogP contribution in [-0.2, 0) is 10.8 Å². The zero-order chi connectivity index (χ0) is 34.2. The Morgan fingerprint density at radius 1 is 0.469 bits per heavy atom. The summed E-state index contributed by atoms with van der Waals surface area (Å²) in [5, 5.41) is 2.74. The Morgan fingerprint density at radius 3 is 1.59 bits per heavy atom. The molecule has 49 heavy (non-hydrogen) atoms. The molecule has 0 radical (unpaired) electrons. The van der Waals surface area contributed by atoms with Gasteiger partial charge < -0.3 is 4.90 Å². The van der Waals surface area contributed by atoms with Gasteiger partial charge in [0.1, 0.15) is 0 Å². The van der Waals surface area contributed by atoms with Crippen molar-refractivity contribution in [3.63, 3.8) is 0 Å². The second-order valence-corrected chi connectivity index (χ2v) is 16.1. The summed E-state index contributed by atoms with van der Waals surface area (Å²) in [7, 11) is 0. The number of hydrogen-bond acceptors (Lipinski definition) is 1. The van der Waals surface area contributed by atoms with Crippen molar-refractivity contribution in [1.29, 1.82) is 0 Å². The molecular weight excluding hydrogens is 591 g/mol. The van der Waals surface area contributed by atoms with Crippen molar-refractivity contribution in [3.05, 3.63) is 150 Å². The van der Waals surface area contributed by atoms with Crippen molar-refractivity contribution in [2.75, 3.05) is 4.90 Å². The van der Waals surface area contributed by atoms with Crippen molar-refractivity contribution in [2.24, 2.45) is 0 Å². The van der Waals surface area contributed by atoms with Crippen LogP contribution in [-0.4, -0.2) is 0 Å². The van der Waals surface area contributed by atoms with Crippen LogP contribution in [0.4, 0.5) is 17.1 Å². The van der Waals surface area contributed by atoms with E-state index in [1.807, 2.05) is 0 Å². The van der Waals surface area contributed by atoms with E-state index in [0.717, 1.165) is 5.69 Å². The zero-order valence-electron chi connectivity index (χ0n) is 30.3. The van der Waals surface area contributed by atoms with Crippen LogP contribution in [0.2, 0.25) is 0 Å². The maximum Gasteiger partial charge on any atom is 0.0540 e. The average molecular weight is 642 g/mol. The Kier molecular flexibility index (Phi) is 8.97. The van der Waals surface area contributed by atoms with E-state index in [1.54, 1.807) is 0 Å². The molecule has 0 saturated heterocycles. The van der Waals surface area contributed by atoms with E-state index in [9.17, 15) is 0 Å². The molecule has 0 heterocycles. The number of rotatable bonds is 6. The fourth-order valence-corrected chi connectivity index (χ4v) is 7.83. The summed E-state index contributed by atoms with van der Waals surface area (Å²) in [5.74, 6) is 0.614. The molecule has 0 spiro atoms. The monoisotopic (exact) mass is 641 g/mol. The Morgan fingerprint density at radius 2 is 0.980 bits per heavy atom. The highest BCUT2D eigenvalue weighted by molar-refractivity contribution is 6.04. The molecule has 0 amide bonds. The molecule has 1 nitrogen and oxygen atoms in total. The smallest absolute Gasteiger partial charge is 0.0540 e. The summed E-state index contributed by atoms with van der Waals surface area (Å²) in [5.41, 5.74) is 12.9. The average Bonchev–Trinajstić information content (AvgIpc) is 3.12. The molecule has 0 N–H and O–H groups in total. The van der Waals surface area contributed by atoms with E-state index >= 15 is 0 Å². The summed E-state index contributed by atoms with van der Waals surface area (Å²) < 4.78 is 0. The highest BCUT2D eigenvalue weighted by atomic mass is 15.1. The standard InChI is InChI=1S/C48H51N/c1-47(2,3)37-28-26-35(27-29-37)40-20-10-12-24-44(40)49(39-32-30-38(31-33-39)48(4,5)6)45-25-13-11-21-42(45)43-23-15-19-36-18-14-22-41(46(36)43)34-16-8-7-9-17-34/h10-15,18-34H,7-9,16-17H2,1-6H3. The van der Waals surface area contributed by atoms with E-state index in [0.29, 0.717) is 5.92 Å². The van der Waals surface area contributed by atoms with Gasteiger partial charge >= 0.3 is 0 Å². The first kappa shape index (κ1) is 32.9. The maximum atomic E-state index is 2.50. The van der Waals surface area contributed by atoms with Crippen LogP contribution in [0.3, 0.4) is 0 Å². The van der Waals surface area contributed by atoms with Gasteiger partial charge in [0.15, 0.2) is 0 Å². The van der Waals surface area contributed by atoms with Gasteiger partial charge in [-0.25, -0.2) is 0 Å². The third kappa shape index (κ3) is 6.69. The molecule has 0 unspecified atom stereocenters. The lowest BCUT2D eigenvalue weighted by Crippen LogP contribution is -2.14. The number of nitrogens with zero attached hydrogens (tertiary/aromatic N) is 1. The Balaban J connectivity index is 1.46. The number of fused-ring (bicyclic) bond motifs is 1. The largest absolute Gasteiger partial charge is 0.309 e. The molecule has 248 valence electrons. The van der Waals surface area contributed by atoms with Crippen molar-refractivity contribution in [3.8, 4) is 22.3 Å². The maximum absolute atomic E-state index is 2.50. The van der Waals surface area contributed by atoms with Crippen LogP contribution >= 0.6 is 0 Å². The van der Waals surface area contributed by atoms with Crippen LogP contribution < -0.4 is 4.90 Å². The molecule has 6 aromatic rings. The SMILES string of the molecule is CC(C)(C)c1ccc(-c2ccccc2N(c2ccc(C(C)(C)C)cc2)c2ccccc2-c2cccc3cccc(C4CCCCC4)c23)cc1. The topological polar surface area (TPSA) is 3.24 Å². The van der Waals surface area contributed by atoms with Crippen molar-refractivity contribution in [1.82, 2.24) is 0 Å². The van der Waals surface area contributed by atoms with Crippen molar-refractivity contribution in [2.45, 2.75) is 90.4 Å². The zero-order valence-corrected chi connectivity index (χ0v) is 30.3. The quantitative estimate of drug-likeness (QED) is 0.175. The van der Waals surface area contributed by atoms with Gasteiger partial charge in [-0.3, -0.25) is 0 Å². The van der Waals surface area contributed by atoms with E-state index in [2.05, 4.69) is 180 Å². The summed E-state index contributed by atoms with van der Waals surface area (Å²) in [6, 6.07) is 50.3. The predicted octanol–water partition coefficient (Wildman–Crippen LogP) is 14.3. The normalized spacial score (nSPS) is 14.2. The summed E-state index contributed by atoms with van der Waals surface area (Å²) in [6.45, 7) is 13.7. The first-order chi connectivity index (χ1) is 23.6. The van der Waals surface area contributed by atoms with Crippen LogP contribution in [0.25, 0.3) is 33.0 Å². The van der Waals surface area contributed by atoms with E-state index in [-0.39, 0.29) is 10.8 Å². The minimum atomic E-state index is 0.0758. The first-order valence-electron chi connectivity index (χ1n) is 18.3. The lowest BCUT2D eigenvalue weighted by Gasteiger charge is -2.31. The second kappa shape index (κ2) is 13.4. The molecule has 1 saturated carbocycles. The third-order valence-corrected chi connectivity index (χ3v) is 10.6. The Hall–Kier alpha value is -4.62. The summed E-state index contributed by atoms with van der Waals surface area (Å²) >= 11 is 0. The molecule has 0 aromatic heterocycles. The first-order valence-corrected chi connectivity index (χ1v) is 18.3. The van der Waals surface area contributed by atoms with Crippen molar-refractivity contribution < 1.29 is 0 Å². The molecule has 0 bridgehead atoms.